The summed E-state index contributed by atoms with van der Waals surface area (Å²) in [6, 6.07) is 14.3. The molecule has 2 heterocycles. The third-order valence-corrected chi connectivity index (χ3v) is 6.11. The van der Waals surface area contributed by atoms with Gasteiger partial charge in [0, 0.05) is 38.3 Å². The summed E-state index contributed by atoms with van der Waals surface area (Å²) < 4.78 is 31.7. The summed E-state index contributed by atoms with van der Waals surface area (Å²) in [6.45, 7) is 5.08. The highest BCUT2D eigenvalue weighted by Crippen LogP contribution is 2.18. The standard InChI is InChI=1S/C23H29N3O2.C2HF3O2/c27-22-8-11-26(12-9-22)16-20-4-2-1-3-19(20)15-25-23(28)18-6-5-17-7-10-24-14-21(17)13-18;3-2(4,5)1(6)7/h1-6,13,22,24,27H,7-12,14-16H2,(H,25,28);(H,6,7). The molecule has 10 heteroatoms. The molecule has 2 aliphatic heterocycles. The van der Waals surface area contributed by atoms with Crippen LogP contribution in [0.25, 0.3) is 0 Å². The van der Waals surface area contributed by atoms with Crippen LogP contribution in [0.3, 0.4) is 0 Å². The van der Waals surface area contributed by atoms with E-state index in [9.17, 15) is 23.1 Å². The molecule has 190 valence electrons. The van der Waals surface area contributed by atoms with Crippen molar-refractivity contribution in [2.24, 2.45) is 0 Å². The summed E-state index contributed by atoms with van der Waals surface area (Å²) in [5, 5.41) is 23.3. The Morgan fingerprint density at radius 2 is 1.71 bits per heavy atom. The van der Waals surface area contributed by atoms with Gasteiger partial charge < -0.3 is 20.8 Å². The molecule has 2 aliphatic rings. The fourth-order valence-corrected chi connectivity index (χ4v) is 4.10. The molecule has 0 aromatic heterocycles. The SMILES string of the molecule is O=C(NCc1ccccc1CN1CCC(O)CC1)c1ccc2c(c1)CNCC2.O=C(O)C(F)(F)F. The molecular weight excluding hydrogens is 463 g/mol. The predicted octanol–water partition coefficient (Wildman–Crippen LogP) is 2.85. The number of aliphatic hydroxyl groups is 1. The Balaban J connectivity index is 0.000000429. The lowest BCUT2D eigenvalue weighted by molar-refractivity contribution is -0.192. The number of amides is 1. The number of piperidine rings is 1. The van der Waals surface area contributed by atoms with Gasteiger partial charge in [-0.1, -0.05) is 30.3 Å². The van der Waals surface area contributed by atoms with E-state index in [-0.39, 0.29) is 12.0 Å². The van der Waals surface area contributed by atoms with Crippen LogP contribution >= 0.6 is 0 Å². The monoisotopic (exact) mass is 493 g/mol. The third kappa shape index (κ3) is 8.05. The molecule has 0 saturated carbocycles. The predicted molar refractivity (Wildman–Crippen MR) is 124 cm³/mol. The quantitative estimate of drug-likeness (QED) is 0.511. The number of likely N-dealkylation sites (tertiary alicyclic amines) is 1. The van der Waals surface area contributed by atoms with Gasteiger partial charge in [-0.25, -0.2) is 4.79 Å². The molecule has 35 heavy (non-hydrogen) atoms. The number of nitrogens with zero attached hydrogens (tertiary/aromatic N) is 1. The number of aliphatic carboxylic acids is 1. The van der Waals surface area contributed by atoms with E-state index in [4.69, 9.17) is 9.90 Å². The zero-order valence-electron chi connectivity index (χ0n) is 19.3. The van der Waals surface area contributed by atoms with E-state index in [1.54, 1.807) is 0 Å². The van der Waals surface area contributed by atoms with Crippen LogP contribution in [0.4, 0.5) is 13.2 Å². The number of aliphatic hydroxyl groups excluding tert-OH is 1. The molecule has 0 radical (unpaired) electrons. The summed E-state index contributed by atoms with van der Waals surface area (Å²) in [4.78, 5) is 23.9. The third-order valence-electron chi connectivity index (χ3n) is 6.11. The maximum absolute atomic E-state index is 12.7. The average molecular weight is 494 g/mol. The first-order chi connectivity index (χ1) is 16.6. The molecule has 1 saturated heterocycles. The second kappa shape index (κ2) is 12.1. The number of hydrogen-bond donors (Lipinski definition) is 4. The highest BCUT2D eigenvalue weighted by atomic mass is 19.4. The fraction of sp³-hybridized carbons (Fsp3) is 0.440. The van der Waals surface area contributed by atoms with Gasteiger partial charge in [0.2, 0.25) is 0 Å². The minimum absolute atomic E-state index is 0.0238. The van der Waals surface area contributed by atoms with Crippen LogP contribution in [0.15, 0.2) is 42.5 Å². The molecule has 0 aliphatic carbocycles. The van der Waals surface area contributed by atoms with Gasteiger partial charge in [0.1, 0.15) is 0 Å². The Morgan fingerprint density at radius 1 is 1.06 bits per heavy atom. The first-order valence-electron chi connectivity index (χ1n) is 11.5. The molecule has 4 N–H and O–H groups in total. The molecule has 0 spiro atoms. The fourth-order valence-electron chi connectivity index (χ4n) is 4.10. The lowest BCUT2D eigenvalue weighted by Crippen LogP contribution is -2.35. The first-order valence-corrected chi connectivity index (χ1v) is 11.5. The number of rotatable bonds is 5. The van der Waals surface area contributed by atoms with Crippen molar-refractivity contribution < 1.29 is 33.0 Å². The molecular formula is C25H30F3N3O4. The van der Waals surface area contributed by atoms with Crippen molar-refractivity contribution in [3.05, 3.63) is 70.3 Å². The number of carboxylic acid groups (broad SMARTS) is 1. The van der Waals surface area contributed by atoms with E-state index in [2.05, 4.69) is 39.8 Å². The second-order valence-corrected chi connectivity index (χ2v) is 8.67. The Labute approximate surface area is 201 Å². The summed E-state index contributed by atoms with van der Waals surface area (Å²) in [6.07, 6.45) is -2.53. The van der Waals surface area contributed by atoms with Crippen molar-refractivity contribution in [2.75, 3.05) is 19.6 Å². The van der Waals surface area contributed by atoms with E-state index >= 15 is 0 Å². The summed E-state index contributed by atoms with van der Waals surface area (Å²) in [7, 11) is 0. The van der Waals surface area contributed by atoms with Crippen molar-refractivity contribution in [3.8, 4) is 0 Å². The molecule has 7 nitrogen and oxygen atoms in total. The van der Waals surface area contributed by atoms with Crippen LogP contribution in [0, 0.1) is 0 Å². The van der Waals surface area contributed by atoms with Crippen molar-refractivity contribution in [1.82, 2.24) is 15.5 Å². The molecule has 0 atom stereocenters. The van der Waals surface area contributed by atoms with Gasteiger partial charge in [0.25, 0.3) is 5.91 Å². The van der Waals surface area contributed by atoms with Crippen LogP contribution in [0.5, 0.6) is 0 Å². The number of carboxylic acids is 1. The van der Waals surface area contributed by atoms with Crippen LogP contribution in [-0.4, -0.2) is 58.9 Å². The largest absolute Gasteiger partial charge is 0.490 e. The normalized spacial score (nSPS) is 16.6. The smallest absolute Gasteiger partial charge is 0.475 e. The van der Waals surface area contributed by atoms with Crippen molar-refractivity contribution in [3.63, 3.8) is 0 Å². The van der Waals surface area contributed by atoms with E-state index in [1.807, 2.05) is 18.2 Å². The second-order valence-electron chi connectivity index (χ2n) is 8.67. The Bertz CT molecular complexity index is 1020. The first kappa shape index (κ1) is 26.7. The zero-order chi connectivity index (χ0) is 25.4. The van der Waals surface area contributed by atoms with Crippen molar-refractivity contribution in [1.29, 1.82) is 0 Å². The maximum Gasteiger partial charge on any atom is 0.490 e. The molecule has 0 unspecified atom stereocenters. The van der Waals surface area contributed by atoms with Crippen LogP contribution in [-0.2, 0) is 30.8 Å². The summed E-state index contributed by atoms with van der Waals surface area (Å²) in [5.41, 5.74) is 5.69. The molecule has 2 aromatic rings. The van der Waals surface area contributed by atoms with Gasteiger partial charge in [-0.15, -0.1) is 0 Å². The van der Waals surface area contributed by atoms with E-state index < -0.39 is 12.1 Å². The number of fused-ring (bicyclic) bond motifs is 1. The molecule has 2 aromatic carbocycles. The van der Waals surface area contributed by atoms with Gasteiger partial charge in [0.05, 0.1) is 6.10 Å². The van der Waals surface area contributed by atoms with Crippen LogP contribution in [0.1, 0.15) is 45.5 Å². The minimum Gasteiger partial charge on any atom is -0.475 e. The molecule has 1 fully saturated rings. The topological polar surface area (TPSA) is 102 Å². The molecule has 4 rings (SSSR count). The van der Waals surface area contributed by atoms with Crippen molar-refractivity contribution >= 4 is 11.9 Å². The number of nitrogens with one attached hydrogen (secondary N) is 2. The van der Waals surface area contributed by atoms with Gasteiger partial charge in [-0.2, -0.15) is 13.2 Å². The highest BCUT2D eigenvalue weighted by molar-refractivity contribution is 5.94. The van der Waals surface area contributed by atoms with Crippen LogP contribution in [0.2, 0.25) is 0 Å². The van der Waals surface area contributed by atoms with Gasteiger partial charge in [-0.05, 0) is 60.2 Å². The van der Waals surface area contributed by atoms with Crippen LogP contribution < -0.4 is 10.6 Å². The lowest BCUT2D eigenvalue weighted by Gasteiger charge is -2.30. The lowest BCUT2D eigenvalue weighted by atomic mass is 9.98. The summed E-state index contributed by atoms with van der Waals surface area (Å²) in [5.74, 6) is -2.78. The Kier molecular flexibility index (Phi) is 9.25. The molecule has 0 bridgehead atoms. The maximum atomic E-state index is 12.7. The molecule has 1 amide bonds. The van der Waals surface area contributed by atoms with E-state index in [1.165, 1.54) is 16.7 Å². The summed E-state index contributed by atoms with van der Waals surface area (Å²) >= 11 is 0. The van der Waals surface area contributed by atoms with Gasteiger partial charge in [-0.3, -0.25) is 9.69 Å². The van der Waals surface area contributed by atoms with E-state index in [0.29, 0.717) is 6.54 Å². The number of carbonyl (C=O) groups is 2. The minimum atomic E-state index is -5.08. The number of carbonyl (C=O) groups excluding carboxylic acids is 1. The zero-order valence-corrected chi connectivity index (χ0v) is 19.3. The van der Waals surface area contributed by atoms with Gasteiger partial charge in [0.15, 0.2) is 0 Å². The number of halogens is 3. The van der Waals surface area contributed by atoms with Crippen molar-refractivity contribution in [2.45, 2.75) is 51.2 Å². The highest BCUT2D eigenvalue weighted by Gasteiger charge is 2.38. The van der Waals surface area contributed by atoms with E-state index in [0.717, 1.165) is 63.1 Å². The number of hydrogen-bond acceptors (Lipinski definition) is 5. The number of benzene rings is 2. The Morgan fingerprint density at radius 3 is 2.37 bits per heavy atom. The Hall–Kier alpha value is -2.95. The number of alkyl halides is 3. The average Bonchev–Trinajstić information content (AvgIpc) is 2.84. The van der Waals surface area contributed by atoms with Gasteiger partial charge >= 0.3 is 12.1 Å².